The van der Waals surface area contributed by atoms with Crippen molar-refractivity contribution < 1.29 is 9.67 Å². The van der Waals surface area contributed by atoms with Crippen molar-refractivity contribution in [3.05, 3.63) is 71.0 Å². The lowest BCUT2D eigenvalue weighted by molar-refractivity contribution is -0.740. The molecule has 0 spiro atoms. The Morgan fingerprint density at radius 2 is 1.88 bits per heavy atom. The molecule has 0 radical (unpaired) electrons. The van der Waals surface area contributed by atoms with E-state index < -0.39 is 11.8 Å². The Morgan fingerprint density at radius 1 is 1.25 bits per heavy atom. The van der Waals surface area contributed by atoms with E-state index >= 15 is 0 Å². The molecule has 2 unspecified atom stereocenters. The van der Waals surface area contributed by atoms with Crippen LogP contribution in [0.2, 0.25) is 5.02 Å². The van der Waals surface area contributed by atoms with Gasteiger partial charge in [0.25, 0.3) is 0 Å². The van der Waals surface area contributed by atoms with E-state index in [4.69, 9.17) is 29.2 Å². The number of benzene rings is 1. The minimum atomic E-state index is -1.28. The number of hydrogen-bond acceptors (Lipinski definition) is 3. The molecule has 6 heteroatoms. The maximum absolute atomic E-state index is 11.0. The van der Waals surface area contributed by atoms with Gasteiger partial charge in [0.15, 0.2) is 18.1 Å². The number of aromatic nitrogens is 1. The van der Waals surface area contributed by atoms with Crippen molar-refractivity contribution in [1.82, 2.24) is 5.32 Å². The summed E-state index contributed by atoms with van der Waals surface area (Å²) in [5, 5.41) is 22.3. The summed E-state index contributed by atoms with van der Waals surface area (Å²) in [6.45, 7) is 1.69. The molecule has 0 aliphatic carbocycles. The molecule has 3 rings (SSSR count). The number of pyridine rings is 1. The number of piperidine rings is 1. The van der Waals surface area contributed by atoms with Crippen molar-refractivity contribution in [3.8, 4) is 0 Å². The number of thiocarbonyl (C=S) groups is 1. The molecule has 0 bridgehead atoms. The molecule has 1 aliphatic heterocycles. The van der Waals surface area contributed by atoms with E-state index in [1.807, 2.05) is 47.3 Å². The zero-order chi connectivity index (χ0) is 17.3. The van der Waals surface area contributed by atoms with Gasteiger partial charge in [-0.25, -0.2) is 0 Å². The van der Waals surface area contributed by atoms with Gasteiger partial charge in [-0.15, -0.1) is 0 Å². The Hall–Kier alpha value is -2.04. The Balaban J connectivity index is 2.21. The zero-order valence-electron chi connectivity index (χ0n) is 13.0. The van der Waals surface area contributed by atoms with Crippen molar-refractivity contribution in [2.45, 2.75) is 24.6 Å². The normalized spacial score (nSPS) is 26.6. The fourth-order valence-corrected chi connectivity index (χ4v) is 3.72. The maximum atomic E-state index is 11.0. The highest BCUT2D eigenvalue weighted by Crippen LogP contribution is 2.41. The van der Waals surface area contributed by atoms with Crippen LogP contribution in [0.1, 0.15) is 24.4 Å². The van der Waals surface area contributed by atoms with Crippen LogP contribution in [0, 0.1) is 5.41 Å². The van der Waals surface area contributed by atoms with Gasteiger partial charge in [0.1, 0.15) is 4.99 Å². The molecule has 1 aromatic carbocycles. The molecule has 4 nitrogen and oxygen atoms in total. The van der Waals surface area contributed by atoms with Crippen LogP contribution in [-0.4, -0.2) is 21.7 Å². The number of nitrogens with zero attached hydrogens (tertiary/aromatic N) is 1. The number of halogens is 1. The number of nitrogens with one attached hydrogen (secondary N) is 2. The van der Waals surface area contributed by atoms with Crippen LogP contribution in [0.15, 0.2) is 60.4 Å². The van der Waals surface area contributed by atoms with Gasteiger partial charge < -0.3 is 10.4 Å². The third-order valence-electron chi connectivity index (χ3n) is 4.24. The van der Waals surface area contributed by atoms with E-state index in [1.54, 1.807) is 19.1 Å². The van der Waals surface area contributed by atoms with Crippen molar-refractivity contribution in [3.63, 3.8) is 0 Å². The lowest BCUT2D eigenvalue weighted by atomic mass is 9.77. The van der Waals surface area contributed by atoms with Crippen molar-refractivity contribution >= 4 is 34.7 Å². The molecule has 0 amide bonds. The first-order chi connectivity index (χ1) is 11.4. The molecule has 1 fully saturated rings. The van der Waals surface area contributed by atoms with E-state index in [0.717, 1.165) is 5.56 Å². The monoisotopic (exact) mass is 358 g/mol. The van der Waals surface area contributed by atoms with Gasteiger partial charge in [-0.1, -0.05) is 42.0 Å². The first-order valence-corrected chi connectivity index (χ1v) is 8.28. The smallest absolute Gasteiger partial charge is 0.216 e. The van der Waals surface area contributed by atoms with Crippen LogP contribution < -0.4 is 9.88 Å². The van der Waals surface area contributed by atoms with E-state index in [0.29, 0.717) is 15.6 Å². The number of hydrogen-bond donors (Lipinski definition) is 3. The molecule has 3 atom stereocenters. The topological polar surface area (TPSA) is 60.0 Å². The van der Waals surface area contributed by atoms with Crippen molar-refractivity contribution in [1.29, 1.82) is 5.41 Å². The molecule has 3 N–H and O–H groups in total. The summed E-state index contributed by atoms with van der Waals surface area (Å²) in [6, 6.07) is 12.7. The van der Waals surface area contributed by atoms with Crippen molar-refractivity contribution in [2.75, 3.05) is 0 Å². The SMILES string of the molecule is C[C@]1(O)NC(=S)C(=C=N)C(c2ccc(Cl)cc2)C1[n+]1ccccc1. The fraction of sp³-hybridized carbons (Fsp3) is 0.222. The number of rotatable bonds is 2. The second-order valence-corrected chi connectivity index (χ2v) is 6.78. The zero-order valence-corrected chi connectivity index (χ0v) is 14.6. The molecule has 1 aromatic heterocycles. The molecule has 0 saturated carbocycles. The minimum absolute atomic E-state index is 0.323. The van der Waals surface area contributed by atoms with Gasteiger partial charge in [-0.05, 0) is 30.5 Å². The summed E-state index contributed by atoms with van der Waals surface area (Å²) in [6.07, 6.45) is 3.78. The van der Waals surface area contributed by atoms with Gasteiger partial charge >= 0.3 is 0 Å². The van der Waals surface area contributed by atoms with Gasteiger partial charge in [-0.3, -0.25) is 5.41 Å². The Bertz CT molecular complexity index is 814. The van der Waals surface area contributed by atoms with E-state index in [9.17, 15) is 5.11 Å². The van der Waals surface area contributed by atoms with Crippen molar-refractivity contribution in [2.24, 2.45) is 0 Å². The Morgan fingerprint density at radius 3 is 2.46 bits per heavy atom. The standard InChI is InChI=1S/C18H16ClN3OS/c1-18(23)16(22-9-3-2-4-10-22)15(14(11-20)17(24)21-18)12-5-7-13(19)8-6-12/h2-10,15-16,20,23H,1H3/p+1/t15?,16?,18-/m1/s1. The second-order valence-electron chi connectivity index (χ2n) is 5.94. The average Bonchev–Trinajstić information content (AvgIpc) is 2.55. The molecule has 2 heterocycles. The average molecular weight is 359 g/mol. The maximum Gasteiger partial charge on any atom is 0.216 e. The lowest BCUT2D eigenvalue weighted by Gasteiger charge is -2.40. The van der Waals surface area contributed by atoms with Crippen LogP contribution in [0.3, 0.4) is 0 Å². The first-order valence-electron chi connectivity index (χ1n) is 7.50. The van der Waals surface area contributed by atoms with Gasteiger partial charge in [0, 0.05) is 17.2 Å². The molecule has 24 heavy (non-hydrogen) atoms. The summed E-state index contributed by atoms with van der Waals surface area (Å²) >= 11 is 11.4. The molecular formula is C18H17ClN3OS+. The molecule has 1 aliphatic rings. The second kappa shape index (κ2) is 6.46. The van der Waals surface area contributed by atoms with E-state index in [2.05, 4.69) is 11.2 Å². The molecule has 1 saturated heterocycles. The first kappa shape index (κ1) is 16.8. The fourth-order valence-electron chi connectivity index (χ4n) is 3.21. The van der Waals surface area contributed by atoms with E-state index in [-0.39, 0.29) is 5.92 Å². The highest BCUT2D eigenvalue weighted by Gasteiger charge is 2.52. The largest absolute Gasteiger partial charge is 0.366 e. The highest BCUT2D eigenvalue weighted by molar-refractivity contribution is 7.80. The third-order valence-corrected chi connectivity index (χ3v) is 4.81. The molecular weight excluding hydrogens is 342 g/mol. The predicted molar refractivity (Wildman–Crippen MR) is 97.5 cm³/mol. The van der Waals surface area contributed by atoms with Gasteiger partial charge in [0.2, 0.25) is 6.04 Å². The van der Waals surface area contributed by atoms with E-state index in [1.165, 1.54) is 0 Å². The van der Waals surface area contributed by atoms with Crippen LogP contribution in [-0.2, 0) is 0 Å². The highest BCUT2D eigenvalue weighted by atomic mass is 35.5. The summed E-state index contributed by atoms with van der Waals surface area (Å²) in [4.78, 5) is 0.336. The Kier molecular flexibility index (Phi) is 4.52. The summed E-state index contributed by atoms with van der Waals surface area (Å²) in [7, 11) is 0. The molecule has 2 aromatic rings. The summed E-state index contributed by atoms with van der Waals surface area (Å²) < 4.78 is 1.92. The van der Waals surface area contributed by atoms with Crippen LogP contribution in [0.4, 0.5) is 0 Å². The van der Waals surface area contributed by atoms with Crippen LogP contribution in [0.5, 0.6) is 0 Å². The predicted octanol–water partition coefficient (Wildman–Crippen LogP) is 2.77. The summed E-state index contributed by atoms with van der Waals surface area (Å²) in [5.41, 5.74) is 0.174. The minimum Gasteiger partial charge on any atom is -0.366 e. The quantitative estimate of drug-likeness (QED) is 0.335. The summed E-state index contributed by atoms with van der Waals surface area (Å²) in [5.74, 6) is 2.14. The Labute approximate surface area is 150 Å². The van der Waals surface area contributed by atoms with Gasteiger partial charge in [-0.2, -0.15) is 4.57 Å². The molecule has 122 valence electrons. The lowest BCUT2D eigenvalue weighted by Crippen LogP contribution is -2.65. The number of aliphatic hydroxyl groups is 1. The third kappa shape index (κ3) is 2.99. The van der Waals surface area contributed by atoms with Crippen LogP contribution in [0.25, 0.3) is 0 Å². The van der Waals surface area contributed by atoms with Gasteiger partial charge in [0.05, 0.1) is 11.5 Å². The van der Waals surface area contributed by atoms with Crippen LogP contribution >= 0.6 is 23.8 Å².